The molecular formula is C15H19IN2O2. The minimum absolute atomic E-state index is 0.118. The molecule has 20 heavy (non-hydrogen) atoms. The lowest BCUT2D eigenvalue weighted by atomic mass is 9.98. The number of fused-ring (bicyclic) bond motifs is 1. The first-order chi connectivity index (χ1) is 9.60. The highest BCUT2D eigenvalue weighted by atomic mass is 127. The molecule has 1 saturated carbocycles. The Bertz CT molecular complexity index is 535. The summed E-state index contributed by atoms with van der Waals surface area (Å²) in [5.74, 6) is 2.03. The van der Waals surface area contributed by atoms with Crippen LogP contribution in [0.3, 0.4) is 0 Å². The largest absolute Gasteiger partial charge is 0.496 e. The number of carbonyl (C=O) groups excluding carboxylic acids is 1. The molecule has 108 valence electrons. The van der Waals surface area contributed by atoms with E-state index in [9.17, 15) is 4.79 Å². The summed E-state index contributed by atoms with van der Waals surface area (Å²) in [6.45, 7) is 1.67. The van der Waals surface area contributed by atoms with Crippen molar-refractivity contribution in [2.75, 3.05) is 20.2 Å². The molecule has 4 nitrogen and oxygen atoms in total. The molecule has 2 aliphatic rings. The average molecular weight is 386 g/mol. The van der Waals surface area contributed by atoms with Gasteiger partial charge in [0.15, 0.2) is 0 Å². The molecule has 5 heteroatoms. The van der Waals surface area contributed by atoms with E-state index in [1.165, 1.54) is 0 Å². The summed E-state index contributed by atoms with van der Waals surface area (Å²) >= 11 is 2.20. The van der Waals surface area contributed by atoms with E-state index in [0.29, 0.717) is 11.8 Å². The van der Waals surface area contributed by atoms with Gasteiger partial charge in [-0.15, -0.1) is 0 Å². The smallest absolute Gasteiger partial charge is 0.253 e. The van der Waals surface area contributed by atoms with Gasteiger partial charge >= 0.3 is 0 Å². The first-order valence-electron chi connectivity index (χ1n) is 6.98. The lowest BCUT2D eigenvalue weighted by Crippen LogP contribution is -2.33. The van der Waals surface area contributed by atoms with Crippen LogP contribution in [-0.4, -0.2) is 37.0 Å². The van der Waals surface area contributed by atoms with E-state index in [-0.39, 0.29) is 11.9 Å². The summed E-state index contributed by atoms with van der Waals surface area (Å²) in [6.07, 6.45) is 2.27. The number of hydrogen-bond donors (Lipinski definition) is 1. The van der Waals surface area contributed by atoms with Crippen molar-refractivity contribution in [2.24, 2.45) is 17.6 Å². The Hall–Kier alpha value is -0.820. The first kappa shape index (κ1) is 14.1. The number of methoxy groups -OCH3 is 1. The standard InChI is InChI=1S/C15H19IN2O2/c1-20-14-5-3-9(6-12(14)16)15(19)18-7-10-2-4-13(17)11(10)8-18/h3,5-6,10-11,13H,2,4,7-8,17H2,1H3. The third-order valence-electron chi connectivity index (χ3n) is 4.60. The van der Waals surface area contributed by atoms with Crippen LogP contribution in [-0.2, 0) is 0 Å². The molecule has 3 rings (SSSR count). The first-order valence-corrected chi connectivity index (χ1v) is 8.06. The molecule has 1 amide bonds. The van der Waals surface area contributed by atoms with Gasteiger partial charge in [-0.2, -0.15) is 0 Å². The number of nitrogens with zero attached hydrogens (tertiary/aromatic N) is 1. The van der Waals surface area contributed by atoms with Gasteiger partial charge in [0, 0.05) is 24.7 Å². The summed E-state index contributed by atoms with van der Waals surface area (Å²) in [7, 11) is 1.64. The van der Waals surface area contributed by atoms with Crippen molar-refractivity contribution in [3.63, 3.8) is 0 Å². The van der Waals surface area contributed by atoms with E-state index < -0.39 is 0 Å². The second kappa shape index (κ2) is 5.52. The van der Waals surface area contributed by atoms with E-state index in [1.807, 2.05) is 23.1 Å². The van der Waals surface area contributed by atoms with Crippen LogP contribution in [0.4, 0.5) is 0 Å². The van der Waals surface area contributed by atoms with Crippen LogP contribution in [0.5, 0.6) is 5.75 Å². The second-order valence-electron chi connectivity index (χ2n) is 5.72. The third kappa shape index (κ3) is 2.41. The Balaban J connectivity index is 1.75. The van der Waals surface area contributed by atoms with Gasteiger partial charge in [-0.25, -0.2) is 0 Å². The molecular weight excluding hydrogens is 367 g/mol. The topological polar surface area (TPSA) is 55.6 Å². The Morgan fingerprint density at radius 3 is 2.85 bits per heavy atom. The quantitative estimate of drug-likeness (QED) is 0.793. The zero-order valence-electron chi connectivity index (χ0n) is 11.5. The number of likely N-dealkylation sites (tertiary alicyclic amines) is 1. The predicted molar refractivity (Wildman–Crippen MR) is 85.8 cm³/mol. The molecule has 0 bridgehead atoms. The van der Waals surface area contributed by atoms with Crippen LogP contribution in [0.15, 0.2) is 18.2 Å². The highest BCUT2D eigenvalue weighted by Crippen LogP contribution is 2.37. The Labute approximate surface area is 132 Å². The Morgan fingerprint density at radius 2 is 2.20 bits per heavy atom. The predicted octanol–water partition coefficient (Wildman–Crippen LogP) is 2.11. The fourth-order valence-electron chi connectivity index (χ4n) is 3.46. The van der Waals surface area contributed by atoms with Gasteiger partial charge in [0.05, 0.1) is 10.7 Å². The van der Waals surface area contributed by atoms with Gasteiger partial charge < -0.3 is 15.4 Å². The molecule has 3 unspecified atom stereocenters. The van der Waals surface area contributed by atoms with E-state index in [0.717, 1.165) is 40.8 Å². The molecule has 0 aromatic heterocycles. The van der Waals surface area contributed by atoms with Gasteiger partial charge in [-0.3, -0.25) is 4.79 Å². The van der Waals surface area contributed by atoms with Gasteiger partial charge in [0.2, 0.25) is 0 Å². The SMILES string of the molecule is COc1ccc(C(=O)N2CC3CCC(N)C3C2)cc1I. The maximum absolute atomic E-state index is 12.6. The van der Waals surface area contributed by atoms with Crippen molar-refractivity contribution < 1.29 is 9.53 Å². The number of hydrogen-bond acceptors (Lipinski definition) is 3. The lowest BCUT2D eigenvalue weighted by Gasteiger charge is -2.19. The van der Waals surface area contributed by atoms with Crippen molar-refractivity contribution in [1.82, 2.24) is 4.90 Å². The van der Waals surface area contributed by atoms with Crippen LogP contribution in [0.1, 0.15) is 23.2 Å². The number of ether oxygens (including phenoxy) is 1. The van der Waals surface area contributed by atoms with Gasteiger partial charge in [-0.05, 0) is 65.5 Å². The Morgan fingerprint density at radius 1 is 1.40 bits per heavy atom. The molecule has 3 atom stereocenters. The number of amides is 1. The fourth-order valence-corrected chi connectivity index (χ4v) is 4.19. The maximum atomic E-state index is 12.6. The van der Waals surface area contributed by atoms with Crippen molar-refractivity contribution in [3.8, 4) is 5.75 Å². The molecule has 0 spiro atoms. The van der Waals surface area contributed by atoms with E-state index in [1.54, 1.807) is 7.11 Å². The highest BCUT2D eigenvalue weighted by Gasteiger charge is 2.42. The lowest BCUT2D eigenvalue weighted by molar-refractivity contribution is 0.0779. The number of benzene rings is 1. The summed E-state index contributed by atoms with van der Waals surface area (Å²) in [4.78, 5) is 14.5. The summed E-state index contributed by atoms with van der Waals surface area (Å²) < 4.78 is 6.20. The normalized spacial score (nSPS) is 28.6. The highest BCUT2D eigenvalue weighted by molar-refractivity contribution is 14.1. The second-order valence-corrected chi connectivity index (χ2v) is 6.89. The molecule has 1 aromatic rings. The van der Waals surface area contributed by atoms with Crippen molar-refractivity contribution >= 4 is 28.5 Å². The van der Waals surface area contributed by atoms with Crippen LogP contribution in [0.25, 0.3) is 0 Å². The van der Waals surface area contributed by atoms with Gasteiger partial charge in [0.25, 0.3) is 5.91 Å². The van der Waals surface area contributed by atoms with Crippen molar-refractivity contribution in [2.45, 2.75) is 18.9 Å². The number of nitrogens with two attached hydrogens (primary N) is 1. The number of carbonyl (C=O) groups is 1. The number of halogens is 1. The summed E-state index contributed by atoms with van der Waals surface area (Å²) in [5, 5.41) is 0. The van der Waals surface area contributed by atoms with Crippen LogP contribution in [0.2, 0.25) is 0 Å². The van der Waals surface area contributed by atoms with E-state index in [2.05, 4.69) is 22.6 Å². The summed E-state index contributed by atoms with van der Waals surface area (Å²) in [5.41, 5.74) is 6.87. The summed E-state index contributed by atoms with van der Waals surface area (Å²) in [6, 6.07) is 5.87. The van der Waals surface area contributed by atoms with Crippen LogP contribution in [0, 0.1) is 15.4 Å². The molecule has 0 radical (unpaired) electrons. The third-order valence-corrected chi connectivity index (χ3v) is 5.44. The molecule has 1 aromatic carbocycles. The molecule has 1 aliphatic heterocycles. The molecule has 2 N–H and O–H groups in total. The minimum atomic E-state index is 0.118. The molecule has 1 heterocycles. The zero-order valence-corrected chi connectivity index (χ0v) is 13.7. The Kier molecular flexibility index (Phi) is 3.90. The molecule has 2 fully saturated rings. The van der Waals surface area contributed by atoms with Crippen LogP contribution >= 0.6 is 22.6 Å². The van der Waals surface area contributed by atoms with Gasteiger partial charge in [0.1, 0.15) is 5.75 Å². The van der Waals surface area contributed by atoms with Crippen molar-refractivity contribution in [1.29, 1.82) is 0 Å². The van der Waals surface area contributed by atoms with Crippen molar-refractivity contribution in [3.05, 3.63) is 27.3 Å². The van der Waals surface area contributed by atoms with Crippen LogP contribution < -0.4 is 10.5 Å². The maximum Gasteiger partial charge on any atom is 0.253 e. The fraction of sp³-hybridized carbons (Fsp3) is 0.533. The molecule has 1 saturated heterocycles. The van der Waals surface area contributed by atoms with Gasteiger partial charge in [-0.1, -0.05) is 0 Å². The average Bonchev–Trinajstić information content (AvgIpc) is 3.00. The number of rotatable bonds is 2. The monoisotopic (exact) mass is 386 g/mol. The van der Waals surface area contributed by atoms with E-state index in [4.69, 9.17) is 10.5 Å². The minimum Gasteiger partial charge on any atom is -0.496 e. The van der Waals surface area contributed by atoms with E-state index >= 15 is 0 Å². The molecule has 1 aliphatic carbocycles. The zero-order chi connectivity index (χ0) is 14.3.